The van der Waals surface area contributed by atoms with Crippen LogP contribution in [0.25, 0.3) is 32.0 Å². The molecule has 3 rings (SSSR count). The van der Waals surface area contributed by atoms with Crippen molar-refractivity contribution in [2.75, 3.05) is 105 Å². The summed E-state index contributed by atoms with van der Waals surface area (Å²) in [6.07, 6.45) is 0. The van der Waals surface area contributed by atoms with Crippen molar-refractivity contribution in [3.05, 3.63) is 86.5 Å². The zero-order valence-electron chi connectivity index (χ0n) is 27.0. The summed E-state index contributed by atoms with van der Waals surface area (Å²) in [4.78, 5) is 30.9. The molecule has 0 atom stereocenters. The Bertz CT molecular complexity index is 1290. The fourth-order valence-electron chi connectivity index (χ4n) is 4.70. The topological polar surface area (TPSA) is 211 Å². The molecular weight excluding hydrogens is 624 g/mol. The van der Waals surface area contributed by atoms with Crippen molar-refractivity contribution in [1.82, 2.24) is 10.6 Å². The van der Waals surface area contributed by atoms with E-state index >= 15 is 0 Å². The average molecular weight is 668 g/mol. The molecule has 0 saturated carbocycles. The second-order valence-corrected chi connectivity index (χ2v) is 10.3. The van der Waals surface area contributed by atoms with E-state index in [2.05, 4.69) is 37.6 Å². The van der Waals surface area contributed by atoms with Crippen molar-refractivity contribution < 1.29 is 38.0 Å². The van der Waals surface area contributed by atoms with Crippen LogP contribution in [0.1, 0.15) is 37.8 Å². The van der Waals surface area contributed by atoms with E-state index in [-0.39, 0.29) is 17.7 Å². The lowest BCUT2D eigenvalue weighted by atomic mass is 9.96. The molecular formula is C32H43N8O8. The van der Waals surface area contributed by atoms with Gasteiger partial charge in [-0.05, 0) is 64.5 Å². The van der Waals surface area contributed by atoms with Crippen LogP contribution in [0.4, 0.5) is 0 Å². The number of hydrogen-bond donors (Lipinski definition) is 2. The third kappa shape index (κ3) is 13.5. The summed E-state index contributed by atoms with van der Waals surface area (Å²) in [5.74, 6) is -0.643. The molecule has 2 aromatic rings. The van der Waals surface area contributed by atoms with Gasteiger partial charge in [-0.3, -0.25) is 9.59 Å². The van der Waals surface area contributed by atoms with Crippen molar-refractivity contribution >= 4 is 11.8 Å². The van der Waals surface area contributed by atoms with Crippen LogP contribution in [-0.4, -0.2) is 117 Å². The Balaban J connectivity index is 1.31. The molecule has 0 saturated heterocycles. The van der Waals surface area contributed by atoms with Crippen LogP contribution < -0.4 is 10.6 Å². The lowest BCUT2D eigenvalue weighted by Crippen LogP contribution is -2.27. The zero-order valence-corrected chi connectivity index (χ0v) is 27.0. The first kappa shape index (κ1) is 38.2. The number of rotatable bonds is 26. The van der Waals surface area contributed by atoms with Crippen molar-refractivity contribution in [2.45, 2.75) is 5.92 Å². The second kappa shape index (κ2) is 23.1. The molecule has 2 aromatic carbocycles. The summed E-state index contributed by atoms with van der Waals surface area (Å²) < 4.78 is 32.3. The summed E-state index contributed by atoms with van der Waals surface area (Å²) >= 11 is 0. The van der Waals surface area contributed by atoms with Gasteiger partial charge in [0.1, 0.15) is 0 Å². The highest BCUT2D eigenvalue weighted by Crippen LogP contribution is 2.45. The van der Waals surface area contributed by atoms with E-state index in [1.165, 1.54) is 0 Å². The second-order valence-electron chi connectivity index (χ2n) is 10.3. The summed E-state index contributed by atoms with van der Waals surface area (Å²) in [6, 6.07) is 11.1. The summed E-state index contributed by atoms with van der Waals surface area (Å²) in [6.45, 7) is 10.2. The van der Waals surface area contributed by atoms with Gasteiger partial charge in [-0.15, -0.1) is 0 Å². The quantitative estimate of drug-likeness (QED) is 0.0650. The van der Waals surface area contributed by atoms with Gasteiger partial charge in [0, 0.05) is 53.0 Å². The van der Waals surface area contributed by atoms with Crippen LogP contribution in [0.5, 0.6) is 0 Å². The van der Waals surface area contributed by atoms with Crippen molar-refractivity contribution in [1.29, 1.82) is 0 Å². The third-order valence-corrected chi connectivity index (χ3v) is 7.02. The first-order valence-electron chi connectivity index (χ1n) is 15.7. The van der Waals surface area contributed by atoms with Gasteiger partial charge in [-0.2, -0.15) is 0 Å². The molecule has 16 heteroatoms. The van der Waals surface area contributed by atoms with Gasteiger partial charge in [-0.25, -0.2) is 0 Å². The fourth-order valence-corrected chi connectivity index (χ4v) is 4.70. The van der Waals surface area contributed by atoms with Gasteiger partial charge < -0.3 is 39.1 Å². The molecule has 1 aliphatic carbocycles. The van der Waals surface area contributed by atoms with E-state index in [1.807, 2.05) is 24.3 Å². The number of carbonyl (C=O) groups is 2. The molecule has 0 aliphatic heterocycles. The summed E-state index contributed by atoms with van der Waals surface area (Å²) in [5.41, 5.74) is 21.3. The molecule has 0 unspecified atom stereocenters. The van der Waals surface area contributed by atoms with E-state index in [0.29, 0.717) is 117 Å². The van der Waals surface area contributed by atoms with Gasteiger partial charge in [0.15, 0.2) is 0 Å². The van der Waals surface area contributed by atoms with E-state index in [0.717, 1.165) is 22.3 Å². The monoisotopic (exact) mass is 667 g/mol. The number of azide groups is 2. The summed E-state index contributed by atoms with van der Waals surface area (Å²) in [5, 5.41) is 12.5. The third-order valence-electron chi connectivity index (χ3n) is 7.02. The Labute approximate surface area is 279 Å². The van der Waals surface area contributed by atoms with Crippen LogP contribution >= 0.6 is 0 Å². The highest BCUT2D eigenvalue weighted by molar-refractivity contribution is 5.98. The van der Waals surface area contributed by atoms with Gasteiger partial charge in [0.05, 0.1) is 79.3 Å². The summed E-state index contributed by atoms with van der Waals surface area (Å²) in [7, 11) is 0. The molecule has 0 fully saturated rings. The standard InChI is InChI=1S/C32H43N8O8/c1-24-29-22-25(31(41)35-6-10-43-14-18-47-20-16-45-12-8-37-39-33)2-4-27(29)28-5-3-26(23-30(24)28)32(42)36-7-11-44-15-19-48-21-17-46-13-9-38-40-34/h2-5,22-24H,1,6-21H2,(H,35,41)(H,36,42). The highest BCUT2D eigenvalue weighted by Gasteiger charge is 2.27. The molecule has 259 valence electrons. The Kier molecular flexibility index (Phi) is 18.4. The molecule has 0 heterocycles. The Morgan fingerprint density at radius 3 is 1.33 bits per heavy atom. The number of hydrogen-bond acceptors (Lipinski definition) is 10. The van der Waals surface area contributed by atoms with E-state index in [4.69, 9.17) is 39.5 Å². The Hall–Kier alpha value is -4.24. The molecule has 0 aromatic heterocycles. The van der Waals surface area contributed by atoms with Gasteiger partial charge in [0.2, 0.25) is 0 Å². The van der Waals surface area contributed by atoms with Crippen LogP contribution in [-0.2, 0) is 28.4 Å². The minimum Gasteiger partial charge on any atom is -0.379 e. The minimum atomic E-state index is -0.227. The van der Waals surface area contributed by atoms with Crippen molar-refractivity contribution in [3.63, 3.8) is 0 Å². The Morgan fingerprint density at radius 1 is 0.604 bits per heavy atom. The predicted octanol–water partition coefficient (Wildman–Crippen LogP) is 3.81. The number of benzene rings is 2. The Morgan fingerprint density at radius 2 is 0.958 bits per heavy atom. The fraction of sp³-hybridized carbons (Fsp3) is 0.531. The van der Waals surface area contributed by atoms with E-state index in [1.54, 1.807) is 12.1 Å². The number of amides is 2. The molecule has 1 aliphatic rings. The molecule has 16 nitrogen and oxygen atoms in total. The van der Waals surface area contributed by atoms with Crippen LogP contribution in [0.2, 0.25) is 0 Å². The first-order chi connectivity index (χ1) is 23.6. The highest BCUT2D eigenvalue weighted by atomic mass is 16.5. The van der Waals surface area contributed by atoms with Gasteiger partial charge in [-0.1, -0.05) is 22.4 Å². The number of ether oxygens (including phenoxy) is 6. The van der Waals surface area contributed by atoms with Crippen molar-refractivity contribution in [3.8, 4) is 11.1 Å². The molecule has 1 radical (unpaired) electrons. The number of nitrogens with one attached hydrogen (secondary N) is 2. The number of nitrogens with zero attached hydrogens (tertiary/aromatic N) is 6. The molecule has 0 spiro atoms. The average Bonchev–Trinajstić information content (AvgIpc) is 3.38. The predicted molar refractivity (Wildman–Crippen MR) is 177 cm³/mol. The number of carbonyl (C=O) groups excluding carboxylic acids is 2. The van der Waals surface area contributed by atoms with Crippen LogP contribution in [0, 0.1) is 6.92 Å². The van der Waals surface area contributed by atoms with Gasteiger partial charge >= 0.3 is 0 Å². The van der Waals surface area contributed by atoms with Gasteiger partial charge in [0.25, 0.3) is 11.8 Å². The van der Waals surface area contributed by atoms with Crippen LogP contribution in [0.3, 0.4) is 0 Å². The SMILES string of the molecule is [CH2]C1c2cc(C(=O)NCCOCCOCCOCCN=[N+]=[N-])ccc2-c2ccc(C(=O)NCCOCCOCCOCCN=[N+]=[N-])cc21. The normalized spacial score (nSPS) is 12.8. The number of fused-ring (bicyclic) bond motifs is 3. The lowest BCUT2D eigenvalue weighted by Gasteiger charge is -2.11. The molecule has 2 N–H and O–H groups in total. The largest absolute Gasteiger partial charge is 0.379 e. The molecule has 2 amide bonds. The lowest BCUT2D eigenvalue weighted by molar-refractivity contribution is 0.0166. The van der Waals surface area contributed by atoms with E-state index < -0.39 is 0 Å². The maximum atomic E-state index is 12.8. The zero-order chi connectivity index (χ0) is 34.2. The van der Waals surface area contributed by atoms with Crippen LogP contribution in [0.15, 0.2) is 46.6 Å². The van der Waals surface area contributed by atoms with E-state index in [9.17, 15) is 9.59 Å². The maximum Gasteiger partial charge on any atom is 0.251 e. The first-order valence-corrected chi connectivity index (χ1v) is 15.7. The maximum absolute atomic E-state index is 12.8. The molecule has 48 heavy (non-hydrogen) atoms. The minimum absolute atomic E-state index is 0.208. The van der Waals surface area contributed by atoms with Crippen molar-refractivity contribution in [2.24, 2.45) is 10.2 Å². The smallest absolute Gasteiger partial charge is 0.251 e. The molecule has 0 bridgehead atoms.